The Morgan fingerprint density at radius 3 is 2.88 bits per heavy atom. The maximum atomic E-state index is 4.58. The van der Waals surface area contributed by atoms with Crippen molar-refractivity contribution < 1.29 is 0 Å². The first-order chi connectivity index (χ1) is 12.5. The average molecular weight is 369 g/mol. The second kappa shape index (κ2) is 8.33. The van der Waals surface area contributed by atoms with Gasteiger partial charge in [0.15, 0.2) is 5.82 Å². The molecular weight excluding hydrogens is 344 g/mol. The number of nitrogens with zero attached hydrogens (tertiary/aromatic N) is 5. The van der Waals surface area contributed by atoms with Gasteiger partial charge in [0.2, 0.25) is 0 Å². The fourth-order valence-electron chi connectivity index (χ4n) is 2.64. The largest absolute Gasteiger partial charge is 0.304 e. The van der Waals surface area contributed by atoms with Crippen molar-refractivity contribution in [2.75, 3.05) is 19.5 Å². The topological polar surface area (TPSA) is 66.3 Å². The van der Waals surface area contributed by atoms with Crippen molar-refractivity contribution in [3.05, 3.63) is 46.9 Å². The first-order valence-electron chi connectivity index (χ1n) is 8.64. The van der Waals surface area contributed by atoms with Crippen LogP contribution in [0.2, 0.25) is 0 Å². The first kappa shape index (κ1) is 18.4. The number of hydrazone groups is 1. The minimum absolute atomic E-state index is 0.617. The molecule has 6 nitrogen and oxygen atoms in total. The molecule has 1 N–H and O–H groups in total. The zero-order valence-electron chi connectivity index (χ0n) is 15.6. The van der Waals surface area contributed by atoms with E-state index in [9.17, 15) is 0 Å². The molecule has 3 rings (SSSR count). The molecule has 3 heterocycles. The molecule has 0 saturated carbocycles. The van der Waals surface area contributed by atoms with E-state index in [1.165, 1.54) is 4.88 Å². The molecule has 0 amide bonds. The second-order valence-corrected chi connectivity index (χ2v) is 8.03. The number of pyridine rings is 1. The van der Waals surface area contributed by atoms with Gasteiger partial charge in [-0.3, -0.25) is 10.4 Å². The lowest BCUT2D eigenvalue weighted by molar-refractivity contribution is 0.397. The van der Waals surface area contributed by atoms with E-state index in [4.69, 9.17) is 0 Å². The Morgan fingerprint density at radius 2 is 2.12 bits per heavy atom. The van der Waals surface area contributed by atoms with Crippen LogP contribution in [0.15, 0.2) is 35.7 Å². The van der Waals surface area contributed by atoms with E-state index in [-0.39, 0.29) is 0 Å². The molecule has 136 valence electrons. The van der Waals surface area contributed by atoms with Gasteiger partial charge in [0, 0.05) is 11.4 Å². The summed E-state index contributed by atoms with van der Waals surface area (Å²) in [6, 6.07) is 8.10. The molecule has 3 aromatic rings. The molecular formula is C19H24N6S. The van der Waals surface area contributed by atoms with Crippen LogP contribution in [-0.4, -0.2) is 40.2 Å². The van der Waals surface area contributed by atoms with Crippen molar-refractivity contribution in [2.24, 2.45) is 11.0 Å². The van der Waals surface area contributed by atoms with Crippen LogP contribution < -0.4 is 5.43 Å². The lowest BCUT2D eigenvalue weighted by Gasteiger charge is -2.08. The van der Waals surface area contributed by atoms with E-state index < -0.39 is 0 Å². The summed E-state index contributed by atoms with van der Waals surface area (Å²) < 4.78 is 0. The van der Waals surface area contributed by atoms with Gasteiger partial charge in [0.25, 0.3) is 0 Å². The molecule has 0 bridgehead atoms. The van der Waals surface area contributed by atoms with E-state index in [1.54, 1.807) is 23.9 Å². The summed E-state index contributed by atoms with van der Waals surface area (Å²) >= 11 is 1.72. The molecule has 0 aromatic carbocycles. The van der Waals surface area contributed by atoms with Gasteiger partial charge in [0.1, 0.15) is 11.2 Å². The van der Waals surface area contributed by atoms with Crippen LogP contribution in [0.4, 0.5) is 5.82 Å². The molecule has 0 saturated heterocycles. The van der Waals surface area contributed by atoms with Crippen molar-refractivity contribution in [1.82, 2.24) is 19.9 Å². The Morgan fingerprint density at radius 1 is 1.27 bits per heavy atom. The van der Waals surface area contributed by atoms with Crippen LogP contribution in [0.25, 0.3) is 10.2 Å². The number of hydrogen-bond acceptors (Lipinski definition) is 7. The van der Waals surface area contributed by atoms with Crippen LogP contribution in [0.5, 0.6) is 0 Å². The van der Waals surface area contributed by atoms with Crippen LogP contribution in [-0.2, 0) is 13.0 Å². The van der Waals surface area contributed by atoms with E-state index in [0.717, 1.165) is 40.4 Å². The Kier molecular flexibility index (Phi) is 5.90. The molecule has 0 atom stereocenters. The monoisotopic (exact) mass is 368 g/mol. The molecule has 0 radical (unpaired) electrons. The molecule has 0 fully saturated rings. The zero-order valence-corrected chi connectivity index (χ0v) is 16.4. The number of nitrogens with one attached hydrogen (secondary N) is 1. The van der Waals surface area contributed by atoms with Crippen LogP contribution in [0.3, 0.4) is 0 Å². The quantitative estimate of drug-likeness (QED) is 0.508. The van der Waals surface area contributed by atoms with Crippen molar-refractivity contribution >= 4 is 33.6 Å². The molecule has 0 aliphatic carbocycles. The fourth-order valence-corrected chi connectivity index (χ4v) is 3.85. The third-order valence-corrected chi connectivity index (χ3v) is 4.73. The number of hydrogen-bond donors (Lipinski definition) is 1. The van der Waals surface area contributed by atoms with E-state index in [1.807, 2.05) is 32.3 Å². The van der Waals surface area contributed by atoms with E-state index in [0.29, 0.717) is 5.92 Å². The van der Waals surface area contributed by atoms with Crippen LogP contribution in [0, 0.1) is 5.92 Å². The summed E-state index contributed by atoms with van der Waals surface area (Å²) in [5, 5.41) is 5.33. The van der Waals surface area contributed by atoms with Gasteiger partial charge < -0.3 is 4.90 Å². The highest BCUT2D eigenvalue weighted by Crippen LogP contribution is 2.29. The molecule has 0 spiro atoms. The van der Waals surface area contributed by atoms with Gasteiger partial charge in [-0.05, 0) is 44.6 Å². The molecule has 0 unspecified atom stereocenters. The predicted octanol–water partition coefficient (Wildman–Crippen LogP) is 3.79. The van der Waals surface area contributed by atoms with Gasteiger partial charge >= 0.3 is 0 Å². The number of rotatable bonds is 7. The molecule has 3 aromatic heterocycles. The lowest BCUT2D eigenvalue weighted by atomic mass is 10.1. The number of thiophene rings is 1. The highest BCUT2D eigenvalue weighted by Gasteiger charge is 2.09. The second-order valence-electron chi connectivity index (χ2n) is 6.91. The van der Waals surface area contributed by atoms with Gasteiger partial charge in [-0.1, -0.05) is 19.9 Å². The van der Waals surface area contributed by atoms with Gasteiger partial charge in [-0.15, -0.1) is 11.3 Å². The highest BCUT2D eigenvalue weighted by molar-refractivity contribution is 7.18. The summed E-state index contributed by atoms with van der Waals surface area (Å²) in [6.45, 7) is 5.24. The SMILES string of the molecule is CC(C)Cc1cc2c(NN=Cc3cccc(CN(C)C)n3)ncnc2s1. The number of fused-ring (bicyclic) bond motifs is 1. The predicted molar refractivity (Wildman–Crippen MR) is 109 cm³/mol. The Balaban J connectivity index is 1.75. The molecule has 7 heteroatoms. The van der Waals surface area contributed by atoms with E-state index in [2.05, 4.69) is 50.3 Å². The third-order valence-electron chi connectivity index (χ3n) is 3.66. The third kappa shape index (κ3) is 4.83. The Hall–Kier alpha value is -2.38. The van der Waals surface area contributed by atoms with Gasteiger partial charge in [-0.2, -0.15) is 5.10 Å². The Bertz CT molecular complexity index is 900. The van der Waals surface area contributed by atoms with Crippen LogP contribution >= 0.6 is 11.3 Å². The minimum atomic E-state index is 0.617. The first-order valence-corrected chi connectivity index (χ1v) is 9.46. The summed E-state index contributed by atoms with van der Waals surface area (Å²) in [6.07, 6.45) is 4.34. The smallest absolute Gasteiger partial charge is 0.158 e. The Labute approximate surface area is 158 Å². The van der Waals surface area contributed by atoms with Gasteiger partial charge in [-0.25, -0.2) is 9.97 Å². The maximum absolute atomic E-state index is 4.58. The standard InChI is InChI=1S/C19H24N6S/c1-13(2)8-16-9-17-18(20-12-21-19(17)26-16)24-22-10-14-6-5-7-15(23-14)11-25(3)4/h5-7,9-10,12-13H,8,11H2,1-4H3,(H,20,21,24). The fraction of sp³-hybridized carbons (Fsp3) is 0.368. The summed E-state index contributed by atoms with van der Waals surface area (Å²) in [5.74, 6) is 1.34. The van der Waals surface area contributed by atoms with Crippen molar-refractivity contribution in [1.29, 1.82) is 0 Å². The summed E-state index contributed by atoms with van der Waals surface area (Å²) in [7, 11) is 4.05. The average Bonchev–Trinajstić information content (AvgIpc) is 2.97. The number of aromatic nitrogens is 3. The van der Waals surface area contributed by atoms with E-state index >= 15 is 0 Å². The number of anilines is 1. The molecule has 26 heavy (non-hydrogen) atoms. The lowest BCUT2D eigenvalue weighted by Crippen LogP contribution is -2.12. The van der Waals surface area contributed by atoms with Gasteiger partial charge in [0.05, 0.1) is 23.0 Å². The summed E-state index contributed by atoms with van der Waals surface area (Å²) in [4.78, 5) is 17.7. The molecule has 0 aliphatic heterocycles. The van der Waals surface area contributed by atoms with Crippen molar-refractivity contribution in [2.45, 2.75) is 26.8 Å². The van der Waals surface area contributed by atoms with Crippen LogP contribution in [0.1, 0.15) is 30.1 Å². The van der Waals surface area contributed by atoms with Crippen molar-refractivity contribution in [3.63, 3.8) is 0 Å². The minimum Gasteiger partial charge on any atom is -0.304 e. The maximum Gasteiger partial charge on any atom is 0.158 e. The van der Waals surface area contributed by atoms with Crippen molar-refractivity contribution in [3.8, 4) is 0 Å². The zero-order chi connectivity index (χ0) is 18.5. The normalized spacial score (nSPS) is 11.9. The highest BCUT2D eigenvalue weighted by atomic mass is 32.1. The summed E-state index contributed by atoms with van der Waals surface area (Å²) in [5.41, 5.74) is 4.86. The molecule has 0 aliphatic rings.